The molecule has 0 spiro atoms. The molecule has 0 aromatic carbocycles. The number of carbonyl (C=O) groups excluding carboxylic acids is 3. The minimum Gasteiger partial charge on any atom is -0.457 e. The molecule has 39 heavy (non-hydrogen) atoms. The second-order valence-corrected chi connectivity index (χ2v) is 13.9. The lowest BCUT2D eigenvalue weighted by molar-refractivity contribution is -0.210. The number of Topliss-reactive ketones (excluding diaryl/α,β-unsaturated/α-hetero) is 1. The molecule has 1 unspecified atom stereocenters. The van der Waals surface area contributed by atoms with Crippen LogP contribution in [0.5, 0.6) is 0 Å². The van der Waals surface area contributed by atoms with Crippen LogP contribution in [-0.4, -0.2) is 53.3 Å². The molecule has 1 heterocycles. The molecule has 6 aliphatic rings. The van der Waals surface area contributed by atoms with E-state index in [9.17, 15) is 19.5 Å². The SMILES string of the molecule is CC(C)C(=O)OCC(=O)C12O[C@@H](C3CCCCC3)O[C@@H]1C[C@H]1[C@@H]3CCC4=CC(=O)C=C[C@]4(C)[C@H]3[C@@H](O)C[C@@]12C. The third kappa shape index (κ3) is 3.97. The zero-order valence-electron chi connectivity index (χ0n) is 23.8. The van der Waals surface area contributed by atoms with Crippen LogP contribution in [0.1, 0.15) is 85.5 Å². The molecule has 0 amide bonds. The molecular weight excluding hydrogens is 496 g/mol. The molecule has 5 aliphatic carbocycles. The van der Waals surface area contributed by atoms with Gasteiger partial charge in [0, 0.05) is 22.7 Å². The number of hydrogen-bond donors (Lipinski definition) is 1. The topological polar surface area (TPSA) is 99.1 Å². The highest BCUT2D eigenvalue weighted by atomic mass is 16.7. The summed E-state index contributed by atoms with van der Waals surface area (Å²) in [4.78, 5) is 38.7. The van der Waals surface area contributed by atoms with E-state index in [0.29, 0.717) is 12.8 Å². The lowest BCUT2D eigenvalue weighted by Crippen LogP contribution is -2.63. The number of ketones is 2. The van der Waals surface area contributed by atoms with E-state index in [2.05, 4.69) is 13.8 Å². The number of hydrogen-bond acceptors (Lipinski definition) is 7. The minimum atomic E-state index is -1.25. The van der Waals surface area contributed by atoms with E-state index in [1.54, 1.807) is 26.0 Å². The van der Waals surface area contributed by atoms with Crippen molar-refractivity contribution in [2.24, 2.45) is 40.4 Å². The summed E-state index contributed by atoms with van der Waals surface area (Å²) in [7, 11) is 0. The molecule has 1 saturated heterocycles. The third-order valence-electron chi connectivity index (χ3n) is 11.5. The summed E-state index contributed by atoms with van der Waals surface area (Å²) in [6.07, 6.45) is 12.2. The van der Waals surface area contributed by atoms with Crippen LogP contribution in [-0.2, 0) is 28.6 Å². The maximum atomic E-state index is 14.2. The summed E-state index contributed by atoms with van der Waals surface area (Å²) >= 11 is 0. The summed E-state index contributed by atoms with van der Waals surface area (Å²) in [5, 5.41) is 11.9. The molecule has 0 radical (unpaired) electrons. The van der Waals surface area contributed by atoms with Crippen molar-refractivity contribution >= 4 is 17.5 Å². The van der Waals surface area contributed by atoms with Gasteiger partial charge in [0.2, 0.25) is 5.78 Å². The first-order valence-corrected chi connectivity index (χ1v) is 15.2. The Morgan fingerprint density at radius 1 is 1.15 bits per heavy atom. The monoisotopic (exact) mass is 540 g/mol. The fourth-order valence-electron chi connectivity index (χ4n) is 9.62. The second-order valence-electron chi connectivity index (χ2n) is 13.9. The molecule has 9 atom stereocenters. The zero-order valence-corrected chi connectivity index (χ0v) is 23.8. The van der Waals surface area contributed by atoms with E-state index in [1.807, 2.05) is 6.08 Å². The van der Waals surface area contributed by atoms with Gasteiger partial charge in [0.15, 0.2) is 24.3 Å². The minimum absolute atomic E-state index is 0.0162. The van der Waals surface area contributed by atoms with Crippen molar-refractivity contribution in [3.8, 4) is 0 Å². The molecule has 6 rings (SSSR count). The summed E-state index contributed by atoms with van der Waals surface area (Å²) in [6, 6.07) is 0. The Hall–Kier alpha value is -1.83. The number of carbonyl (C=O) groups is 3. The highest BCUT2D eigenvalue weighted by Crippen LogP contribution is 2.70. The molecule has 5 fully saturated rings. The van der Waals surface area contributed by atoms with Crippen LogP contribution in [0, 0.1) is 40.4 Å². The van der Waals surface area contributed by atoms with E-state index >= 15 is 0 Å². The number of esters is 1. The van der Waals surface area contributed by atoms with Gasteiger partial charge in [0.05, 0.1) is 18.1 Å². The molecule has 7 nitrogen and oxygen atoms in total. The molecule has 214 valence electrons. The maximum absolute atomic E-state index is 14.2. The van der Waals surface area contributed by atoms with Crippen molar-refractivity contribution in [2.75, 3.05) is 6.61 Å². The van der Waals surface area contributed by atoms with Crippen LogP contribution in [0.2, 0.25) is 0 Å². The van der Waals surface area contributed by atoms with Crippen LogP contribution >= 0.6 is 0 Å². The van der Waals surface area contributed by atoms with Crippen molar-refractivity contribution in [2.45, 2.75) is 110 Å². The van der Waals surface area contributed by atoms with Gasteiger partial charge in [-0.25, -0.2) is 0 Å². The van der Waals surface area contributed by atoms with E-state index in [4.69, 9.17) is 14.2 Å². The van der Waals surface area contributed by atoms with E-state index < -0.39 is 35.5 Å². The molecule has 0 aromatic rings. The highest BCUT2D eigenvalue weighted by Gasteiger charge is 2.76. The summed E-state index contributed by atoms with van der Waals surface area (Å²) in [5.41, 5.74) is -1.19. The van der Waals surface area contributed by atoms with Gasteiger partial charge in [-0.3, -0.25) is 14.4 Å². The quantitative estimate of drug-likeness (QED) is 0.505. The van der Waals surface area contributed by atoms with E-state index in [-0.39, 0.29) is 53.2 Å². The largest absolute Gasteiger partial charge is 0.457 e. The van der Waals surface area contributed by atoms with Crippen LogP contribution in [0.3, 0.4) is 0 Å². The van der Waals surface area contributed by atoms with Crippen molar-refractivity contribution in [3.63, 3.8) is 0 Å². The first-order valence-electron chi connectivity index (χ1n) is 15.2. The highest BCUT2D eigenvalue weighted by molar-refractivity contribution is 6.01. The number of aliphatic hydroxyl groups excluding tert-OH is 1. The van der Waals surface area contributed by atoms with E-state index in [0.717, 1.165) is 44.1 Å². The lowest BCUT2D eigenvalue weighted by Gasteiger charge is -2.59. The number of fused-ring (bicyclic) bond motifs is 7. The molecule has 7 heteroatoms. The fourth-order valence-corrected chi connectivity index (χ4v) is 9.62. The van der Waals surface area contributed by atoms with Gasteiger partial charge in [0.25, 0.3) is 0 Å². The number of rotatable bonds is 5. The van der Waals surface area contributed by atoms with Crippen LogP contribution in [0.15, 0.2) is 23.8 Å². The first-order chi connectivity index (χ1) is 18.5. The molecular formula is C32H44O7. The smallest absolute Gasteiger partial charge is 0.308 e. The Kier molecular flexibility index (Phi) is 6.75. The Morgan fingerprint density at radius 3 is 2.62 bits per heavy atom. The average molecular weight is 541 g/mol. The number of allylic oxidation sites excluding steroid dienone is 4. The van der Waals surface area contributed by atoms with Gasteiger partial charge < -0.3 is 19.3 Å². The summed E-state index contributed by atoms with van der Waals surface area (Å²) in [5.74, 6) is -0.471. The second kappa shape index (κ2) is 9.63. The van der Waals surface area contributed by atoms with Crippen LogP contribution in [0.25, 0.3) is 0 Å². The van der Waals surface area contributed by atoms with Crippen molar-refractivity contribution in [1.82, 2.24) is 0 Å². The van der Waals surface area contributed by atoms with Gasteiger partial charge in [0.1, 0.15) is 0 Å². The van der Waals surface area contributed by atoms with Gasteiger partial charge in [-0.15, -0.1) is 0 Å². The Bertz CT molecular complexity index is 1100. The van der Waals surface area contributed by atoms with Gasteiger partial charge in [-0.2, -0.15) is 0 Å². The zero-order chi connectivity index (χ0) is 27.7. The third-order valence-corrected chi connectivity index (χ3v) is 11.5. The van der Waals surface area contributed by atoms with E-state index in [1.165, 1.54) is 6.42 Å². The molecule has 1 aliphatic heterocycles. The lowest BCUT2D eigenvalue weighted by atomic mass is 9.46. The summed E-state index contributed by atoms with van der Waals surface area (Å²) < 4.78 is 19.0. The van der Waals surface area contributed by atoms with Crippen molar-refractivity contribution in [1.29, 1.82) is 0 Å². The average Bonchev–Trinajstić information content (AvgIpc) is 3.41. The standard InChI is InChI=1S/C32H44O7/c1-18(2)28(36)37-17-25(35)32-26(38-29(39-32)19-8-6-5-7-9-19)15-23-22-11-10-20-14-21(33)12-13-30(20,3)27(22)24(34)16-31(23,32)4/h12-14,18-19,22-24,26-27,29,34H,5-11,15-17H2,1-4H3/t22-,23-,24-,26+,27+,29-,30-,31-,32?/m0/s1. The summed E-state index contributed by atoms with van der Waals surface area (Å²) in [6.45, 7) is 7.44. The number of ether oxygens (including phenoxy) is 3. The van der Waals surface area contributed by atoms with Crippen LogP contribution in [0.4, 0.5) is 0 Å². The molecule has 0 bridgehead atoms. The number of aliphatic hydroxyl groups is 1. The normalized spacial score (nSPS) is 45.3. The van der Waals surface area contributed by atoms with Gasteiger partial charge >= 0.3 is 5.97 Å². The fraction of sp³-hybridized carbons (Fsp3) is 0.781. The van der Waals surface area contributed by atoms with Gasteiger partial charge in [-0.1, -0.05) is 58.6 Å². The van der Waals surface area contributed by atoms with Crippen molar-refractivity contribution in [3.05, 3.63) is 23.8 Å². The molecule has 4 saturated carbocycles. The molecule has 0 aromatic heterocycles. The Morgan fingerprint density at radius 2 is 1.90 bits per heavy atom. The Labute approximate surface area is 231 Å². The van der Waals surface area contributed by atoms with Crippen molar-refractivity contribution < 1.29 is 33.7 Å². The Balaban J connectivity index is 1.35. The predicted molar refractivity (Wildman–Crippen MR) is 143 cm³/mol. The predicted octanol–water partition coefficient (Wildman–Crippen LogP) is 4.70. The maximum Gasteiger partial charge on any atom is 0.308 e. The van der Waals surface area contributed by atoms with Gasteiger partial charge in [-0.05, 0) is 62.5 Å². The van der Waals surface area contributed by atoms with Crippen LogP contribution < -0.4 is 0 Å². The first kappa shape index (κ1) is 27.3. The molecule has 1 N–H and O–H groups in total.